The van der Waals surface area contributed by atoms with Crippen LogP contribution in [0, 0.1) is 5.41 Å². The van der Waals surface area contributed by atoms with Crippen molar-refractivity contribution in [3.63, 3.8) is 0 Å². The van der Waals surface area contributed by atoms with E-state index in [4.69, 9.17) is 40.3 Å². The SMILES string of the molecule is CC(C)(O)O.CCOP(COCC1CCC(n2ncc3c(N4CC5(CCCCC5)C4)nc(Cl)nc32)O1)OCC. The third-order valence-electron chi connectivity index (χ3n) is 7.08. The van der Waals surface area contributed by atoms with E-state index in [1.165, 1.54) is 46.0 Å². The first-order valence-electron chi connectivity index (χ1n) is 14.0. The average Bonchev–Trinajstić information content (AvgIpc) is 3.49. The first-order chi connectivity index (χ1) is 18.6. The van der Waals surface area contributed by atoms with Crippen molar-refractivity contribution in [3.05, 3.63) is 11.5 Å². The number of ether oxygens (including phenoxy) is 2. The number of anilines is 1. The van der Waals surface area contributed by atoms with Crippen LogP contribution in [0.25, 0.3) is 11.0 Å². The number of fused-ring (bicyclic) bond motifs is 1. The summed E-state index contributed by atoms with van der Waals surface area (Å²) >= 11 is 6.37. The first kappa shape index (κ1) is 30.8. The predicted molar refractivity (Wildman–Crippen MR) is 151 cm³/mol. The molecule has 0 bridgehead atoms. The minimum Gasteiger partial charge on any atom is -0.369 e. The van der Waals surface area contributed by atoms with Gasteiger partial charge in [-0.3, -0.25) is 0 Å². The van der Waals surface area contributed by atoms with Gasteiger partial charge < -0.3 is 33.6 Å². The molecular formula is C26H43ClN5O6P. The van der Waals surface area contributed by atoms with Crippen LogP contribution in [0.3, 0.4) is 0 Å². The number of hydrogen-bond donors (Lipinski definition) is 2. The Hall–Kier alpha value is -1.17. The van der Waals surface area contributed by atoms with Crippen molar-refractivity contribution in [2.45, 2.75) is 90.8 Å². The zero-order valence-corrected chi connectivity index (χ0v) is 25.2. The van der Waals surface area contributed by atoms with E-state index in [1.807, 2.05) is 24.7 Å². The topological polar surface area (TPSA) is 124 Å². The fraction of sp³-hybridized carbons (Fsp3) is 0.808. The van der Waals surface area contributed by atoms with Crippen molar-refractivity contribution in [2.75, 3.05) is 44.2 Å². The minimum absolute atomic E-state index is 0.00248. The molecule has 1 aliphatic carbocycles. The van der Waals surface area contributed by atoms with Gasteiger partial charge in [-0.05, 0) is 65.0 Å². The lowest BCUT2D eigenvalue weighted by Crippen LogP contribution is -2.57. The molecule has 5 rings (SSSR count). The third-order valence-corrected chi connectivity index (χ3v) is 8.73. The van der Waals surface area contributed by atoms with E-state index in [1.54, 1.807) is 0 Å². The number of rotatable bonds is 10. The van der Waals surface area contributed by atoms with Crippen LogP contribution in [0.2, 0.25) is 5.28 Å². The second kappa shape index (κ2) is 13.7. The Labute approximate surface area is 237 Å². The van der Waals surface area contributed by atoms with E-state index in [2.05, 4.69) is 20.0 Å². The van der Waals surface area contributed by atoms with Crippen molar-refractivity contribution in [1.29, 1.82) is 0 Å². The lowest BCUT2D eigenvalue weighted by molar-refractivity contribution is -0.127. The molecule has 3 aliphatic rings. The molecule has 39 heavy (non-hydrogen) atoms. The molecular weight excluding hydrogens is 545 g/mol. The van der Waals surface area contributed by atoms with Crippen LogP contribution in [0.15, 0.2) is 6.20 Å². The molecule has 0 amide bonds. The van der Waals surface area contributed by atoms with Crippen LogP contribution in [-0.2, 0) is 18.5 Å². The van der Waals surface area contributed by atoms with E-state index in [0.717, 1.165) is 42.8 Å². The molecule has 220 valence electrons. The summed E-state index contributed by atoms with van der Waals surface area (Å²) in [7, 11) is -1.00. The van der Waals surface area contributed by atoms with Crippen molar-refractivity contribution < 1.29 is 28.7 Å². The standard InChI is InChI=1S/C23H35ClN5O4P.C3H8O2/c1-3-31-34(32-4-2)16-30-13-17-8-9-19(33-17)29-21-18(12-25-29)20(26-22(24)27-21)28-14-23(15-28)10-6-5-7-11-23;1-3(2,4)5/h12,17,19H,3-11,13-16H2,1-2H3;4-5H,1-2H3. The van der Waals surface area contributed by atoms with Gasteiger partial charge in [0.1, 0.15) is 12.2 Å². The molecule has 0 aromatic carbocycles. The van der Waals surface area contributed by atoms with Crippen molar-refractivity contribution in [3.8, 4) is 0 Å². The van der Waals surface area contributed by atoms with E-state index in [9.17, 15) is 0 Å². The molecule has 2 saturated heterocycles. The summed E-state index contributed by atoms with van der Waals surface area (Å²) in [5.74, 6) is -0.601. The predicted octanol–water partition coefficient (Wildman–Crippen LogP) is 4.99. The van der Waals surface area contributed by atoms with Gasteiger partial charge >= 0.3 is 0 Å². The minimum atomic E-state index is -1.50. The number of aromatic nitrogens is 4. The monoisotopic (exact) mass is 587 g/mol. The summed E-state index contributed by atoms with van der Waals surface area (Å²) in [6.45, 7) is 10.4. The Balaban J connectivity index is 0.000000648. The Morgan fingerprint density at radius 2 is 1.77 bits per heavy atom. The molecule has 4 heterocycles. The van der Waals surface area contributed by atoms with Crippen molar-refractivity contribution in [2.24, 2.45) is 5.41 Å². The molecule has 3 fully saturated rings. The van der Waals surface area contributed by atoms with Crippen LogP contribution in [0.1, 0.15) is 78.9 Å². The highest BCUT2D eigenvalue weighted by molar-refractivity contribution is 7.47. The fourth-order valence-electron chi connectivity index (χ4n) is 5.52. The largest absolute Gasteiger partial charge is 0.369 e. The Morgan fingerprint density at radius 1 is 1.10 bits per heavy atom. The molecule has 11 nitrogen and oxygen atoms in total. The Morgan fingerprint density at radius 3 is 2.41 bits per heavy atom. The van der Waals surface area contributed by atoms with E-state index < -0.39 is 14.2 Å². The highest BCUT2D eigenvalue weighted by atomic mass is 35.5. The third kappa shape index (κ3) is 8.42. The molecule has 2 aliphatic heterocycles. The summed E-state index contributed by atoms with van der Waals surface area (Å²) in [5.41, 5.74) is 1.20. The van der Waals surface area contributed by atoms with Gasteiger partial charge in [-0.2, -0.15) is 15.1 Å². The number of aliphatic hydroxyl groups is 2. The maximum atomic E-state index is 8.08. The van der Waals surface area contributed by atoms with Crippen molar-refractivity contribution in [1.82, 2.24) is 19.7 Å². The van der Waals surface area contributed by atoms with Gasteiger partial charge in [0, 0.05) is 18.5 Å². The van der Waals surface area contributed by atoms with Crippen molar-refractivity contribution >= 4 is 36.8 Å². The first-order valence-corrected chi connectivity index (χ1v) is 15.7. The Bertz CT molecular complexity index is 1040. The lowest BCUT2D eigenvalue weighted by atomic mass is 9.68. The van der Waals surface area contributed by atoms with Gasteiger partial charge in [0.15, 0.2) is 26.0 Å². The molecule has 0 radical (unpaired) electrons. The summed E-state index contributed by atoms with van der Waals surface area (Å²) in [6.07, 6.45) is 10.6. The van der Waals surface area contributed by atoms with E-state index in [-0.39, 0.29) is 17.6 Å². The number of halogens is 1. The smallest absolute Gasteiger partial charge is 0.226 e. The second-order valence-corrected chi connectivity index (χ2v) is 12.8. The van der Waals surface area contributed by atoms with Gasteiger partial charge in [-0.1, -0.05) is 19.3 Å². The lowest BCUT2D eigenvalue weighted by Gasteiger charge is -2.53. The van der Waals surface area contributed by atoms with Gasteiger partial charge in [0.05, 0.1) is 37.5 Å². The molecule has 2 unspecified atom stereocenters. The maximum Gasteiger partial charge on any atom is 0.226 e. The van der Waals surface area contributed by atoms with Crippen LogP contribution in [0.5, 0.6) is 0 Å². The van der Waals surface area contributed by atoms with Crippen LogP contribution in [0.4, 0.5) is 5.82 Å². The molecule has 2 atom stereocenters. The molecule has 2 aromatic rings. The van der Waals surface area contributed by atoms with Crippen LogP contribution in [-0.4, -0.2) is 81.1 Å². The van der Waals surface area contributed by atoms with E-state index in [0.29, 0.717) is 31.6 Å². The molecule has 2 aromatic heterocycles. The summed E-state index contributed by atoms with van der Waals surface area (Å²) in [4.78, 5) is 11.5. The van der Waals surface area contributed by atoms with Gasteiger partial charge in [0.25, 0.3) is 0 Å². The van der Waals surface area contributed by atoms with Gasteiger partial charge in [-0.15, -0.1) is 0 Å². The molecule has 2 N–H and O–H groups in total. The van der Waals surface area contributed by atoms with Gasteiger partial charge in [0.2, 0.25) is 5.28 Å². The number of nitrogens with zero attached hydrogens (tertiary/aromatic N) is 5. The van der Waals surface area contributed by atoms with Gasteiger partial charge in [-0.25, -0.2) is 4.68 Å². The molecule has 1 saturated carbocycles. The Kier molecular flexibility index (Phi) is 10.8. The highest BCUT2D eigenvalue weighted by Crippen LogP contribution is 2.46. The summed E-state index contributed by atoms with van der Waals surface area (Å²) in [6, 6.07) is 0. The summed E-state index contributed by atoms with van der Waals surface area (Å²) in [5, 5.41) is 22.0. The maximum absolute atomic E-state index is 8.08. The molecule has 13 heteroatoms. The average molecular weight is 588 g/mol. The second-order valence-electron chi connectivity index (χ2n) is 11.0. The van der Waals surface area contributed by atoms with Crippen LogP contribution < -0.4 is 4.90 Å². The van der Waals surface area contributed by atoms with Crippen LogP contribution >= 0.6 is 20.0 Å². The number of hydrogen-bond acceptors (Lipinski definition) is 10. The zero-order chi connectivity index (χ0) is 28.0. The highest BCUT2D eigenvalue weighted by Gasteiger charge is 2.44. The summed E-state index contributed by atoms with van der Waals surface area (Å²) < 4.78 is 25.2. The normalized spacial score (nSPS) is 22.8. The van der Waals surface area contributed by atoms with E-state index >= 15 is 0 Å². The molecule has 1 spiro atoms. The zero-order valence-electron chi connectivity index (χ0n) is 23.5. The quantitative estimate of drug-likeness (QED) is 0.223. The fourth-order valence-corrected chi connectivity index (χ4v) is 6.73.